The molecular weight excluding hydrogens is 362 g/mol. The number of hydrogen-bond donors (Lipinski definition) is 0. The molecule has 7 heteroatoms. The molecule has 0 amide bonds. The van der Waals surface area contributed by atoms with Crippen LogP contribution in [0.2, 0.25) is 5.02 Å². The fourth-order valence-corrected chi connectivity index (χ4v) is 5.36. The molecule has 0 N–H and O–H groups in total. The lowest BCUT2D eigenvalue weighted by molar-refractivity contribution is 0.171. The summed E-state index contributed by atoms with van der Waals surface area (Å²) in [6.07, 6.45) is 1.56. The number of hydrogen-bond acceptors (Lipinski definition) is 4. The minimum atomic E-state index is -3.65. The van der Waals surface area contributed by atoms with Gasteiger partial charge in [-0.15, -0.1) is 0 Å². The summed E-state index contributed by atoms with van der Waals surface area (Å²) in [6, 6.07) is 12.0. The fourth-order valence-electron chi connectivity index (χ4n) is 3.40. The third-order valence-corrected chi connectivity index (χ3v) is 6.84. The van der Waals surface area contributed by atoms with E-state index in [4.69, 9.17) is 21.1 Å². The maximum Gasteiger partial charge on any atom is 0.243 e. The van der Waals surface area contributed by atoms with Gasteiger partial charge in [0.25, 0.3) is 0 Å². The van der Waals surface area contributed by atoms with E-state index in [1.165, 1.54) is 0 Å². The lowest BCUT2D eigenvalue weighted by atomic mass is 10.1. The zero-order valence-electron chi connectivity index (χ0n) is 13.5. The van der Waals surface area contributed by atoms with Gasteiger partial charge in [0.2, 0.25) is 10.0 Å². The van der Waals surface area contributed by atoms with Crippen molar-refractivity contribution in [2.24, 2.45) is 0 Å². The zero-order valence-corrected chi connectivity index (χ0v) is 15.1. The highest BCUT2D eigenvalue weighted by Gasteiger charge is 2.37. The van der Waals surface area contributed by atoms with E-state index in [0.29, 0.717) is 36.3 Å². The number of ether oxygens (including phenoxy) is 2. The maximum atomic E-state index is 13.2. The molecule has 25 heavy (non-hydrogen) atoms. The molecule has 0 unspecified atom stereocenters. The van der Waals surface area contributed by atoms with Crippen LogP contribution in [0.4, 0.5) is 0 Å². The quantitative estimate of drug-likeness (QED) is 0.817. The second-order valence-corrected chi connectivity index (χ2v) is 8.40. The number of rotatable bonds is 3. The Balaban J connectivity index is 1.71. The van der Waals surface area contributed by atoms with Gasteiger partial charge >= 0.3 is 0 Å². The Morgan fingerprint density at radius 2 is 1.80 bits per heavy atom. The molecule has 4 rings (SSSR count). The van der Waals surface area contributed by atoms with Gasteiger partial charge in [0.05, 0.1) is 10.9 Å². The molecule has 2 heterocycles. The molecule has 2 aliphatic rings. The molecule has 2 aliphatic heterocycles. The van der Waals surface area contributed by atoms with Crippen LogP contribution in [-0.4, -0.2) is 32.5 Å². The van der Waals surface area contributed by atoms with E-state index in [9.17, 15) is 8.42 Å². The summed E-state index contributed by atoms with van der Waals surface area (Å²) in [5.41, 5.74) is 0.850. The molecule has 0 aromatic heterocycles. The molecule has 1 atom stereocenters. The van der Waals surface area contributed by atoms with Crippen molar-refractivity contribution in [3.63, 3.8) is 0 Å². The third kappa shape index (κ3) is 2.99. The summed E-state index contributed by atoms with van der Waals surface area (Å²) >= 11 is 6.30. The number of benzene rings is 2. The van der Waals surface area contributed by atoms with Crippen LogP contribution in [0.15, 0.2) is 47.4 Å². The average Bonchev–Trinajstić information content (AvgIpc) is 3.12. The van der Waals surface area contributed by atoms with E-state index in [0.717, 1.165) is 18.4 Å². The molecule has 0 aliphatic carbocycles. The molecule has 5 nitrogen and oxygen atoms in total. The summed E-state index contributed by atoms with van der Waals surface area (Å²) in [4.78, 5) is 0.218. The molecule has 0 spiro atoms. The van der Waals surface area contributed by atoms with Gasteiger partial charge in [0.1, 0.15) is 13.2 Å². The Labute approximate surface area is 152 Å². The Hall–Kier alpha value is -1.76. The normalized spacial score (nSPS) is 20.6. The van der Waals surface area contributed by atoms with Crippen LogP contribution in [0.25, 0.3) is 0 Å². The first-order chi connectivity index (χ1) is 12.1. The number of nitrogens with zero attached hydrogens (tertiary/aromatic N) is 1. The molecule has 2 aromatic carbocycles. The summed E-state index contributed by atoms with van der Waals surface area (Å²) in [7, 11) is -3.65. The summed E-state index contributed by atoms with van der Waals surface area (Å²) in [6.45, 7) is 1.37. The van der Waals surface area contributed by atoms with E-state index >= 15 is 0 Å². The van der Waals surface area contributed by atoms with Crippen molar-refractivity contribution in [3.05, 3.63) is 53.1 Å². The first-order valence-corrected chi connectivity index (χ1v) is 10.0. The van der Waals surface area contributed by atoms with Gasteiger partial charge in [-0.3, -0.25) is 0 Å². The Morgan fingerprint density at radius 1 is 1.04 bits per heavy atom. The van der Waals surface area contributed by atoms with Crippen LogP contribution in [0.1, 0.15) is 24.4 Å². The monoisotopic (exact) mass is 379 g/mol. The minimum Gasteiger partial charge on any atom is -0.486 e. The maximum absolute atomic E-state index is 13.2. The molecule has 0 bridgehead atoms. The molecule has 1 saturated heterocycles. The van der Waals surface area contributed by atoms with Crippen LogP contribution in [0.3, 0.4) is 0 Å². The fraction of sp³-hybridized carbons (Fsp3) is 0.333. The number of sulfonamides is 1. The molecule has 0 saturated carbocycles. The average molecular weight is 380 g/mol. The van der Waals surface area contributed by atoms with Crippen LogP contribution < -0.4 is 9.47 Å². The molecule has 2 aromatic rings. The van der Waals surface area contributed by atoms with Gasteiger partial charge in [0, 0.05) is 17.6 Å². The van der Waals surface area contributed by atoms with Crippen molar-refractivity contribution in [3.8, 4) is 11.5 Å². The molecule has 0 radical (unpaired) electrons. The summed E-state index contributed by atoms with van der Waals surface area (Å²) < 4.78 is 38.9. The molecular formula is C18H18ClNO4S. The lowest BCUT2D eigenvalue weighted by Crippen LogP contribution is -2.31. The Morgan fingerprint density at radius 3 is 2.60 bits per heavy atom. The van der Waals surface area contributed by atoms with E-state index in [-0.39, 0.29) is 10.9 Å². The predicted octanol–water partition coefficient (Wildman–Crippen LogP) is 3.64. The number of halogens is 1. The van der Waals surface area contributed by atoms with E-state index in [1.54, 1.807) is 28.6 Å². The minimum absolute atomic E-state index is 0.218. The first kappa shape index (κ1) is 16.7. The SMILES string of the molecule is O=S(=O)(c1ccc2c(c1)OCCO2)N1CCC[C@H]1c1ccccc1Cl. The van der Waals surface area contributed by atoms with E-state index in [1.807, 2.05) is 18.2 Å². The van der Waals surface area contributed by atoms with Crippen LogP contribution in [0, 0.1) is 0 Å². The van der Waals surface area contributed by atoms with Crippen LogP contribution >= 0.6 is 11.6 Å². The largest absolute Gasteiger partial charge is 0.486 e. The van der Waals surface area contributed by atoms with Crippen molar-refractivity contribution in [2.45, 2.75) is 23.8 Å². The van der Waals surface area contributed by atoms with Gasteiger partial charge in [-0.1, -0.05) is 29.8 Å². The molecule has 132 valence electrons. The van der Waals surface area contributed by atoms with E-state index < -0.39 is 10.0 Å². The standard InChI is InChI=1S/C18H18ClNO4S/c19-15-5-2-1-4-14(15)16-6-3-9-20(16)25(21,22)13-7-8-17-18(12-13)24-11-10-23-17/h1-2,4-5,7-8,12,16H,3,6,9-11H2/t16-/m0/s1. The number of fused-ring (bicyclic) bond motifs is 1. The highest BCUT2D eigenvalue weighted by molar-refractivity contribution is 7.89. The van der Waals surface area contributed by atoms with Crippen LogP contribution in [0.5, 0.6) is 11.5 Å². The smallest absolute Gasteiger partial charge is 0.243 e. The topological polar surface area (TPSA) is 55.8 Å². The first-order valence-electron chi connectivity index (χ1n) is 8.23. The van der Waals surface area contributed by atoms with Crippen LogP contribution in [-0.2, 0) is 10.0 Å². The zero-order chi connectivity index (χ0) is 17.4. The van der Waals surface area contributed by atoms with Gasteiger partial charge in [-0.2, -0.15) is 4.31 Å². The lowest BCUT2D eigenvalue weighted by Gasteiger charge is -2.26. The summed E-state index contributed by atoms with van der Waals surface area (Å²) in [5, 5.41) is 0.594. The summed E-state index contributed by atoms with van der Waals surface area (Å²) in [5.74, 6) is 1.05. The highest BCUT2D eigenvalue weighted by Crippen LogP contribution is 2.40. The highest BCUT2D eigenvalue weighted by atomic mass is 35.5. The van der Waals surface area contributed by atoms with Crippen molar-refractivity contribution in [1.29, 1.82) is 0 Å². The molecule has 1 fully saturated rings. The van der Waals surface area contributed by atoms with Crippen molar-refractivity contribution in [1.82, 2.24) is 4.31 Å². The van der Waals surface area contributed by atoms with Crippen molar-refractivity contribution >= 4 is 21.6 Å². The van der Waals surface area contributed by atoms with Crippen molar-refractivity contribution in [2.75, 3.05) is 19.8 Å². The Bertz CT molecular complexity index is 900. The van der Waals surface area contributed by atoms with E-state index in [2.05, 4.69) is 0 Å². The third-order valence-electron chi connectivity index (χ3n) is 4.59. The second kappa shape index (κ2) is 6.52. The Kier molecular flexibility index (Phi) is 4.35. The van der Waals surface area contributed by atoms with Gasteiger partial charge in [0.15, 0.2) is 11.5 Å². The second-order valence-electron chi connectivity index (χ2n) is 6.10. The van der Waals surface area contributed by atoms with Gasteiger partial charge in [-0.25, -0.2) is 8.42 Å². The van der Waals surface area contributed by atoms with Gasteiger partial charge in [-0.05, 0) is 36.6 Å². The predicted molar refractivity (Wildman–Crippen MR) is 94.8 cm³/mol. The van der Waals surface area contributed by atoms with Crippen molar-refractivity contribution < 1.29 is 17.9 Å². The van der Waals surface area contributed by atoms with Gasteiger partial charge < -0.3 is 9.47 Å².